The largest absolute Gasteiger partial charge is 0.462 e. The van der Waals surface area contributed by atoms with E-state index < -0.39 is 290 Å². The molecule has 0 amide bonds. The molecule has 10 aliphatic rings. The lowest BCUT2D eigenvalue weighted by Crippen LogP contribution is -2.70. The molecule has 9 fully saturated rings. The highest BCUT2D eigenvalue weighted by atomic mass is 16.8. The molecule has 5 saturated heterocycles. The van der Waals surface area contributed by atoms with Gasteiger partial charge in [-0.3, -0.25) is 28.8 Å². The molecule has 5 heterocycles. The molecular formula is C77H122O35. The van der Waals surface area contributed by atoms with Crippen molar-refractivity contribution in [3.8, 4) is 0 Å². The van der Waals surface area contributed by atoms with Gasteiger partial charge in [0, 0.05) is 12.3 Å². The average Bonchev–Trinajstić information content (AvgIpc) is 0.668. The lowest BCUT2D eigenvalue weighted by molar-refractivity contribution is -0.380. The lowest BCUT2D eigenvalue weighted by Gasteiger charge is -2.72. The smallest absolute Gasteiger partial charge is 0.317 e. The van der Waals surface area contributed by atoms with Crippen molar-refractivity contribution in [2.24, 2.45) is 50.2 Å². The zero-order chi connectivity index (χ0) is 82.9. The Kier molecular flexibility index (Phi) is 28.0. The monoisotopic (exact) mass is 1610 g/mol. The van der Waals surface area contributed by atoms with Crippen LogP contribution < -0.4 is 0 Å². The molecule has 35 heteroatoms. The van der Waals surface area contributed by atoms with Gasteiger partial charge in [0.15, 0.2) is 43.5 Å². The number of carbonyl (C=O) groups is 6. The normalized spacial score (nSPS) is 47.0. The number of esters is 6. The highest BCUT2D eigenvalue weighted by Gasteiger charge is 2.74. The van der Waals surface area contributed by atoms with Crippen LogP contribution in [-0.2, 0) is 99.8 Å². The predicted molar refractivity (Wildman–Crippen MR) is 378 cm³/mol. The molecule has 640 valence electrons. The summed E-state index contributed by atoms with van der Waals surface area (Å²) < 4.78 is 88.9. The number of carbonyl (C=O) groups excluding carboxylic acids is 6. The molecule has 10 rings (SSSR count). The fourth-order valence-corrected chi connectivity index (χ4v) is 20.3. The predicted octanol–water partition coefficient (Wildman–Crippen LogP) is -0.690. The molecule has 4 saturated carbocycles. The molecular weight excluding hydrogens is 1480 g/mol. The first-order chi connectivity index (χ1) is 52.2. The standard InChI is InChI=1S/C77H122O35/c1-31(79)22-47(84)99-32(2)23-48(85)100-33(3)24-49(86)101-34(4)25-50(87)107-60-37(7)105-70(64(57(60)94)110-69-63(106-39(9)80)58(95)61(38(8)104-69)108-66-59(96)62(43(82)29-98-66)109-67-55(92)53(90)51(88)35(5)102-67)112-71(97)77-21-20-72(10,11)26-41(77)40-16-17-45-73(12)27-42(81)65(111-68-56(93)54(91)52(89)36(6)103-68)74(13,30-78)44(73)18-19-75(45,14)76(40,15)28-46(77)83/h16,31-38,41-46,51-70,78-79,81-83,88-96H,17-30H2,1-15H3/t31-,32-,33-,34-,35-,36-,37+,38-,41-,42-,43+,44+,45+,46+,51-,52-,53+,54+,55+,56+,57-,58+,59+,60-,61-,62-,63+,64+,65-,66-,67-,68-,69-,70-,73-,74-,75+,76+,77+/m0/s1. The van der Waals surface area contributed by atoms with E-state index >= 15 is 4.79 Å². The van der Waals surface area contributed by atoms with Crippen molar-refractivity contribution in [2.75, 3.05) is 13.2 Å². The molecule has 0 unspecified atom stereocenters. The van der Waals surface area contributed by atoms with E-state index in [2.05, 4.69) is 40.7 Å². The van der Waals surface area contributed by atoms with Crippen LogP contribution in [0.15, 0.2) is 11.6 Å². The SMILES string of the molecule is CC(=O)O[C@H]1[C@H](O[C@H]2[C@H](OC(=O)[C@]34CCC(C)(C)C[C@H]3C3=CC[C@@H]5[C@@]6(C)C[C@H](O)[C@H](O[C@@H]7O[C@@H](C)[C@H](O)[C@@H](O)[C@H]7O)[C@@](C)(CO)[C@@H]6CC[C@@]5(C)[C@]3(C)C[C@H]4O)O[C@H](C)[C@H](OC(=O)C[C@H](C)OC(=O)C[C@H](C)OC(=O)C[C@H](C)OC(=O)C[C@H](C)O)[C@@H]2O)O[C@@H](C)[C@H](O[C@@H]2OC[C@@H](O)[C@H](O[C@@H]3O[C@@H](C)[C@H](O)[C@@H](O)[C@H]3O)[C@H]2O)[C@H]1O. The van der Waals surface area contributed by atoms with Crippen LogP contribution >= 0.6 is 0 Å². The summed E-state index contributed by atoms with van der Waals surface area (Å²) >= 11 is 0. The Morgan fingerprint density at radius 2 is 1.00 bits per heavy atom. The molecule has 112 heavy (non-hydrogen) atoms. The molecule has 35 nitrogen and oxygen atoms in total. The summed E-state index contributed by atoms with van der Waals surface area (Å²) in [6.07, 6.45) is -45.0. The maximum absolute atomic E-state index is 16.2. The van der Waals surface area contributed by atoms with Gasteiger partial charge < -0.3 is 143 Å². The van der Waals surface area contributed by atoms with Gasteiger partial charge in [0.2, 0.25) is 6.29 Å². The minimum absolute atomic E-state index is 0.0326. The summed E-state index contributed by atoms with van der Waals surface area (Å²) in [4.78, 5) is 81.2. The van der Waals surface area contributed by atoms with Gasteiger partial charge in [0.05, 0.1) is 87.7 Å². The molecule has 0 radical (unpaired) electrons. The van der Waals surface area contributed by atoms with Crippen molar-refractivity contribution in [3.63, 3.8) is 0 Å². The van der Waals surface area contributed by atoms with E-state index in [4.69, 9.17) is 71.1 Å². The van der Waals surface area contributed by atoms with Crippen molar-refractivity contribution >= 4 is 35.8 Å². The van der Waals surface area contributed by atoms with Gasteiger partial charge >= 0.3 is 35.8 Å². The summed E-state index contributed by atoms with van der Waals surface area (Å²) in [5.74, 6) is -6.70. The van der Waals surface area contributed by atoms with E-state index in [0.29, 0.717) is 32.1 Å². The van der Waals surface area contributed by atoms with Crippen LogP contribution in [0.5, 0.6) is 0 Å². The molecule has 0 bridgehead atoms. The van der Waals surface area contributed by atoms with E-state index in [1.165, 1.54) is 55.4 Å². The number of fused-ring (bicyclic) bond motifs is 7. The van der Waals surface area contributed by atoms with Crippen LogP contribution in [0.25, 0.3) is 0 Å². The van der Waals surface area contributed by atoms with Gasteiger partial charge in [-0.05, 0) is 146 Å². The van der Waals surface area contributed by atoms with Crippen molar-refractivity contribution in [3.05, 3.63) is 11.6 Å². The van der Waals surface area contributed by atoms with Gasteiger partial charge in [0.25, 0.3) is 0 Å². The zero-order valence-electron chi connectivity index (χ0n) is 66.4. The van der Waals surface area contributed by atoms with Crippen LogP contribution in [0.1, 0.15) is 181 Å². The van der Waals surface area contributed by atoms with E-state index in [1.807, 2.05) is 6.92 Å². The van der Waals surface area contributed by atoms with Gasteiger partial charge in [-0.15, -0.1) is 0 Å². The second-order valence-electron chi connectivity index (χ2n) is 35.3. The van der Waals surface area contributed by atoms with Crippen LogP contribution in [0.2, 0.25) is 0 Å². The Morgan fingerprint density at radius 3 is 1.56 bits per heavy atom. The maximum atomic E-state index is 16.2. The minimum atomic E-state index is -2.09. The maximum Gasteiger partial charge on any atom is 0.317 e. The first-order valence-electron chi connectivity index (χ1n) is 39.3. The molecule has 39 atom stereocenters. The summed E-state index contributed by atoms with van der Waals surface area (Å²) in [7, 11) is 0. The Bertz CT molecular complexity index is 3320. The van der Waals surface area contributed by atoms with E-state index in [9.17, 15) is 95.5 Å². The first-order valence-corrected chi connectivity index (χ1v) is 39.3. The Labute approximate surface area is 651 Å². The quantitative estimate of drug-likeness (QED) is 0.0246. The number of ether oxygens (including phenoxy) is 15. The lowest BCUT2D eigenvalue weighted by atomic mass is 9.33. The molecule has 0 spiro atoms. The number of aliphatic hydroxyl groups is 14. The molecule has 5 aliphatic carbocycles. The highest BCUT2D eigenvalue weighted by Crippen LogP contribution is 2.76. The van der Waals surface area contributed by atoms with Gasteiger partial charge in [-0.1, -0.05) is 53.2 Å². The van der Waals surface area contributed by atoms with Crippen molar-refractivity contribution in [1.29, 1.82) is 0 Å². The average molecular weight is 1610 g/mol. The second kappa shape index (κ2) is 34.9. The number of aliphatic hydroxyl groups excluding tert-OH is 14. The minimum Gasteiger partial charge on any atom is -0.462 e. The molecule has 14 N–H and O–H groups in total. The van der Waals surface area contributed by atoms with E-state index in [0.717, 1.165) is 12.5 Å². The number of allylic oxidation sites excluding steroid dienone is 2. The van der Waals surface area contributed by atoms with Crippen LogP contribution in [-0.4, -0.2) is 311 Å². The second-order valence-corrected chi connectivity index (χ2v) is 35.3. The summed E-state index contributed by atoms with van der Waals surface area (Å²) in [6.45, 7) is 23.7. The topological polar surface area (TPSA) is 524 Å². The Morgan fingerprint density at radius 1 is 0.491 bits per heavy atom. The highest BCUT2D eigenvalue weighted by molar-refractivity contribution is 5.80. The Hall–Kier alpha value is -4.36. The van der Waals surface area contributed by atoms with Crippen molar-refractivity contribution in [1.82, 2.24) is 0 Å². The third-order valence-corrected chi connectivity index (χ3v) is 26.4. The van der Waals surface area contributed by atoms with Crippen molar-refractivity contribution in [2.45, 2.75) is 371 Å². The summed E-state index contributed by atoms with van der Waals surface area (Å²) in [5.41, 5.74) is -4.57. The number of rotatable bonds is 24. The molecule has 5 aliphatic heterocycles. The summed E-state index contributed by atoms with van der Waals surface area (Å²) in [5, 5.41) is 158. The number of hydrogen-bond donors (Lipinski definition) is 14. The van der Waals surface area contributed by atoms with Crippen LogP contribution in [0, 0.1) is 50.2 Å². The van der Waals surface area contributed by atoms with E-state index in [-0.39, 0.29) is 43.9 Å². The third kappa shape index (κ3) is 17.7. The van der Waals surface area contributed by atoms with Crippen LogP contribution in [0.3, 0.4) is 0 Å². The van der Waals surface area contributed by atoms with Gasteiger partial charge in [0.1, 0.15) is 97.0 Å². The third-order valence-electron chi connectivity index (χ3n) is 26.4. The zero-order valence-corrected chi connectivity index (χ0v) is 66.4. The molecule has 0 aromatic heterocycles. The fourth-order valence-electron chi connectivity index (χ4n) is 20.3. The van der Waals surface area contributed by atoms with Gasteiger partial charge in [-0.25, -0.2) is 0 Å². The summed E-state index contributed by atoms with van der Waals surface area (Å²) in [6, 6.07) is 0. The Balaban J connectivity index is 0.907. The van der Waals surface area contributed by atoms with Gasteiger partial charge in [-0.2, -0.15) is 0 Å². The fraction of sp³-hybridized carbons (Fsp3) is 0.896. The molecule has 0 aromatic rings. The van der Waals surface area contributed by atoms with Crippen LogP contribution in [0.4, 0.5) is 0 Å². The molecule has 0 aromatic carbocycles. The van der Waals surface area contributed by atoms with E-state index in [1.54, 1.807) is 0 Å². The van der Waals surface area contributed by atoms with Crippen molar-refractivity contribution < 1.29 is 171 Å². The first kappa shape index (κ1) is 90.0. The number of hydrogen-bond acceptors (Lipinski definition) is 35.